The third-order valence-corrected chi connectivity index (χ3v) is 9.86. The van der Waals surface area contributed by atoms with Crippen molar-refractivity contribution >= 4 is 45.2 Å². The normalized spacial score (nSPS) is 19.4. The van der Waals surface area contributed by atoms with Gasteiger partial charge in [-0.25, -0.2) is 4.98 Å². The van der Waals surface area contributed by atoms with Crippen LogP contribution in [0.2, 0.25) is 0 Å². The van der Waals surface area contributed by atoms with Crippen LogP contribution in [0.1, 0.15) is 98.4 Å². The van der Waals surface area contributed by atoms with E-state index in [0.29, 0.717) is 35.4 Å². The number of hydrogen-bond acceptors (Lipinski definition) is 8. The van der Waals surface area contributed by atoms with E-state index in [2.05, 4.69) is 23.8 Å². The second kappa shape index (κ2) is 12.5. The van der Waals surface area contributed by atoms with Gasteiger partial charge in [-0.15, -0.1) is 0 Å². The number of nitrogens with one attached hydrogen (secondary N) is 2. The molecule has 244 valence electrons. The number of aromatic nitrogens is 4. The molecule has 2 aliphatic rings. The fourth-order valence-corrected chi connectivity index (χ4v) is 6.72. The van der Waals surface area contributed by atoms with Gasteiger partial charge in [0.15, 0.2) is 0 Å². The largest absolute Gasteiger partial charge is 0.469 e. The fraction of sp³-hybridized carbons (Fsp3) is 0.444. The third-order valence-electron chi connectivity index (χ3n) is 9.86. The number of carbonyl (C=O) groups is 2. The van der Waals surface area contributed by atoms with Gasteiger partial charge in [-0.1, -0.05) is 13.8 Å². The lowest BCUT2D eigenvalue weighted by atomic mass is 9.80. The maximum Gasteiger partial charge on any atom is 0.305 e. The van der Waals surface area contributed by atoms with Gasteiger partial charge in [0.1, 0.15) is 11.2 Å². The van der Waals surface area contributed by atoms with Crippen LogP contribution in [-0.2, 0) is 43.1 Å². The zero-order valence-corrected chi connectivity index (χ0v) is 28.0. The Balaban J connectivity index is 1.92. The van der Waals surface area contributed by atoms with E-state index >= 15 is 0 Å². The highest BCUT2D eigenvalue weighted by Gasteiger charge is 2.53. The van der Waals surface area contributed by atoms with Gasteiger partial charge in [0, 0.05) is 34.9 Å². The van der Waals surface area contributed by atoms with Crippen molar-refractivity contribution < 1.29 is 29.3 Å². The number of fused-ring (bicyclic) bond motifs is 8. The van der Waals surface area contributed by atoms with Crippen molar-refractivity contribution in [1.82, 2.24) is 19.9 Å². The molecule has 3 aromatic heterocycles. The average Bonchev–Trinajstić information content (AvgIpc) is 3.66. The number of methoxy groups -OCH3 is 2. The molecule has 0 spiro atoms. The molecule has 0 radical (unpaired) electrons. The monoisotopic (exact) mass is 628 g/mol. The molecule has 10 nitrogen and oxygen atoms in total. The second-order valence-electron chi connectivity index (χ2n) is 12.3. The van der Waals surface area contributed by atoms with E-state index in [1.54, 1.807) is 13.0 Å². The molecule has 0 aliphatic carbocycles. The molecule has 0 aromatic carbocycles. The molecular formula is C36H44N4O6. The first-order valence-corrected chi connectivity index (χ1v) is 15.8. The van der Waals surface area contributed by atoms with Crippen LogP contribution in [0.4, 0.5) is 0 Å². The summed E-state index contributed by atoms with van der Waals surface area (Å²) in [5, 5.41) is 23.8. The summed E-state index contributed by atoms with van der Waals surface area (Å²) in [4.78, 5) is 41.3. The second-order valence-corrected chi connectivity index (χ2v) is 12.3. The molecule has 10 heteroatoms. The first-order chi connectivity index (χ1) is 21.8. The number of esters is 2. The number of H-pyrrole nitrogens is 2. The van der Waals surface area contributed by atoms with Gasteiger partial charge in [-0.2, -0.15) is 0 Å². The molecule has 2 aliphatic heterocycles. The number of carbonyl (C=O) groups excluding carboxylic acids is 2. The van der Waals surface area contributed by atoms with Crippen molar-refractivity contribution in [3.63, 3.8) is 0 Å². The number of aromatic amines is 2. The lowest BCUT2D eigenvalue weighted by Gasteiger charge is -2.34. The van der Waals surface area contributed by atoms with Gasteiger partial charge < -0.3 is 29.7 Å². The van der Waals surface area contributed by atoms with E-state index in [1.165, 1.54) is 14.2 Å². The van der Waals surface area contributed by atoms with Crippen molar-refractivity contribution in [2.24, 2.45) is 0 Å². The molecule has 0 amide bonds. The summed E-state index contributed by atoms with van der Waals surface area (Å²) in [6.07, 6.45) is 2.21. The maximum absolute atomic E-state index is 12.2. The first kappa shape index (κ1) is 33.1. The van der Waals surface area contributed by atoms with Crippen molar-refractivity contribution in [3.05, 3.63) is 69.3 Å². The Labute approximate surface area is 268 Å². The predicted molar refractivity (Wildman–Crippen MR) is 178 cm³/mol. The Kier molecular flexibility index (Phi) is 8.99. The highest BCUT2D eigenvalue weighted by atomic mass is 16.5. The van der Waals surface area contributed by atoms with E-state index in [0.717, 1.165) is 62.1 Å². The standard InChI is InChI=1S/C36H44N4O6/c1-9-22-19(3)25-15-26-20(4)23(11-13-33(41)45-7)28(37-26)16-29-24(12-14-34(42)46-8)21(5)27(39-29)17-31-35(6,43)36(44,10-2)32(40-31)18-30(22)38-25/h15-18,38-39,43-44H,9-14H2,1-8H3. The van der Waals surface area contributed by atoms with Gasteiger partial charge >= 0.3 is 11.9 Å². The minimum absolute atomic E-state index is 0.173. The van der Waals surface area contributed by atoms with Crippen LogP contribution in [0.3, 0.4) is 0 Å². The molecule has 2 unspecified atom stereocenters. The van der Waals surface area contributed by atoms with E-state index in [-0.39, 0.29) is 31.2 Å². The molecule has 5 heterocycles. The Morgan fingerprint density at radius 1 is 0.761 bits per heavy atom. The average molecular weight is 629 g/mol. The molecule has 0 fully saturated rings. The summed E-state index contributed by atoms with van der Waals surface area (Å²) in [6.45, 7) is 11.5. The van der Waals surface area contributed by atoms with Crippen LogP contribution in [0.25, 0.3) is 33.2 Å². The summed E-state index contributed by atoms with van der Waals surface area (Å²) in [5.74, 6) is -0.631. The predicted octanol–water partition coefficient (Wildman–Crippen LogP) is 5.99. The van der Waals surface area contributed by atoms with Crippen LogP contribution >= 0.6 is 0 Å². The Morgan fingerprint density at radius 3 is 1.91 bits per heavy atom. The molecule has 2 atom stereocenters. The minimum atomic E-state index is -1.68. The molecule has 8 bridgehead atoms. The third kappa shape index (κ3) is 5.54. The van der Waals surface area contributed by atoms with Crippen LogP contribution < -0.4 is 0 Å². The number of ether oxygens (including phenoxy) is 2. The van der Waals surface area contributed by atoms with Gasteiger partial charge in [0.25, 0.3) is 0 Å². The van der Waals surface area contributed by atoms with E-state index in [4.69, 9.17) is 19.4 Å². The van der Waals surface area contributed by atoms with Crippen LogP contribution in [0, 0.1) is 13.8 Å². The lowest BCUT2D eigenvalue weighted by molar-refractivity contribution is -0.148. The summed E-state index contributed by atoms with van der Waals surface area (Å²) in [6, 6.07) is 7.58. The highest BCUT2D eigenvalue weighted by Crippen LogP contribution is 2.46. The molecular weight excluding hydrogens is 584 g/mol. The summed E-state index contributed by atoms with van der Waals surface area (Å²) in [5.41, 5.74) is 7.77. The van der Waals surface area contributed by atoms with Crippen molar-refractivity contribution in [3.8, 4) is 0 Å². The Morgan fingerprint density at radius 2 is 1.30 bits per heavy atom. The van der Waals surface area contributed by atoms with Gasteiger partial charge in [0.2, 0.25) is 0 Å². The summed E-state index contributed by atoms with van der Waals surface area (Å²) < 4.78 is 9.87. The van der Waals surface area contributed by atoms with Crippen LogP contribution in [-0.4, -0.2) is 56.3 Å². The number of aryl methyl sites for hydroxylation is 4. The van der Waals surface area contributed by atoms with Crippen molar-refractivity contribution in [2.45, 2.75) is 91.3 Å². The topological polar surface area (TPSA) is 150 Å². The van der Waals surface area contributed by atoms with Crippen molar-refractivity contribution in [2.75, 3.05) is 14.2 Å². The number of nitrogens with zero attached hydrogens (tertiary/aromatic N) is 2. The number of allylic oxidation sites excluding steroid dienone is 2. The summed E-state index contributed by atoms with van der Waals surface area (Å²) >= 11 is 0. The molecule has 5 rings (SSSR count). The van der Waals surface area contributed by atoms with Gasteiger partial charge in [0.05, 0.1) is 37.0 Å². The number of aliphatic hydroxyl groups is 2. The molecule has 0 saturated heterocycles. The molecule has 46 heavy (non-hydrogen) atoms. The van der Waals surface area contributed by atoms with Crippen LogP contribution in [0.15, 0.2) is 24.3 Å². The quantitative estimate of drug-likeness (QED) is 0.222. The number of hydrogen-bond donors (Lipinski definition) is 4. The highest BCUT2D eigenvalue weighted by molar-refractivity contribution is 5.94. The first-order valence-electron chi connectivity index (χ1n) is 15.8. The number of rotatable bonds is 8. The van der Waals surface area contributed by atoms with Gasteiger partial charge in [-0.3, -0.25) is 14.6 Å². The fourth-order valence-electron chi connectivity index (χ4n) is 6.72. The van der Waals surface area contributed by atoms with Gasteiger partial charge in [-0.05, 0) is 111 Å². The Hall–Kier alpha value is -4.28. The van der Waals surface area contributed by atoms with E-state index < -0.39 is 11.2 Å². The molecule has 4 N–H and O–H groups in total. The van der Waals surface area contributed by atoms with Crippen molar-refractivity contribution in [1.29, 1.82) is 0 Å². The van der Waals surface area contributed by atoms with Crippen LogP contribution in [0.5, 0.6) is 0 Å². The SMILES string of the molecule is CCc1c(C)c2cc3nc(cc4[nH]c(cc5nc(cc1[nH]2)C(O)(CC)C5(C)O)c(C)c4CCC(=O)OC)C(CCC(=O)OC)=C3C. The maximum atomic E-state index is 12.2. The zero-order valence-electron chi connectivity index (χ0n) is 28.0. The smallest absolute Gasteiger partial charge is 0.305 e. The van der Waals surface area contributed by atoms with E-state index in [1.807, 2.05) is 39.0 Å². The molecule has 3 aromatic rings. The van der Waals surface area contributed by atoms with E-state index in [9.17, 15) is 19.8 Å². The molecule has 0 saturated carbocycles. The Bertz CT molecular complexity index is 1910. The summed E-state index contributed by atoms with van der Waals surface area (Å²) in [7, 11) is 2.75. The zero-order chi connectivity index (χ0) is 33.6. The lowest BCUT2D eigenvalue weighted by Crippen LogP contribution is -2.43. The minimum Gasteiger partial charge on any atom is -0.469 e.